The summed E-state index contributed by atoms with van der Waals surface area (Å²) < 4.78 is 40.1. The highest BCUT2D eigenvalue weighted by Crippen LogP contribution is 2.36. The molecule has 1 radical (unpaired) electrons. The number of benzene rings is 2. The lowest BCUT2D eigenvalue weighted by molar-refractivity contribution is 0.316. The molecule has 0 aromatic heterocycles. The minimum Gasteiger partial charge on any atom is -0.494 e. The van der Waals surface area contributed by atoms with Gasteiger partial charge in [-0.25, -0.2) is 8.78 Å². The fourth-order valence-corrected chi connectivity index (χ4v) is 5.50. The summed E-state index contributed by atoms with van der Waals surface area (Å²) in [4.78, 5) is 0. The molecule has 2 aromatic rings. The zero-order chi connectivity index (χ0) is 18.5. The van der Waals surface area contributed by atoms with Crippen molar-refractivity contribution in [3.63, 3.8) is 0 Å². The third-order valence-corrected chi connectivity index (χ3v) is 7.27. The van der Waals surface area contributed by atoms with E-state index in [1.807, 2.05) is 13.0 Å². The number of halogens is 2. The van der Waals surface area contributed by atoms with Gasteiger partial charge in [-0.15, -0.1) is 0 Å². The van der Waals surface area contributed by atoms with Crippen molar-refractivity contribution in [1.82, 2.24) is 0 Å². The molecule has 3 rings (SSSR count). The maximum atomic E-state index is 14.7. The van der Waals surface area contributed by atoms with E-state index in [0.717, 1.165) is 36.9 Å². The van der Waals surface area contributed by atoms with Crippen LogP contribution in [0.1, 0.15) is 37.7 Å². The van der Waals surface area contributed by atoms with Crippen LogP contribution in [-0.4, -0.2) is 22.8 Å². The van der Waals surface area contributed by atoms with Gasteiger partial charge in [0.1, 0.15) is 17.4 Å². The summed E-state index contributed by atoms with van der Waals surface area (Å²) in [5.74, 6) is 0.0157. The molecule has 0 saturated carbocycles. The molecule has 0 spiro atoms. The van der Waals surface area contributed by atoms with Crippen LogP contribution in [0.2, 0.25) is 12.1 Å². The molecule has 5 heteroatoms. The van der Waals surface area contributed by atoms with Gasteiger partial charge in [0.2, 0.25) is 9.04 Å². The zero-order valence-electron chi connectivity index (χ0n) is 15.4. The van der Waals surface area contributed by atoms with E-state index >= 15 is 0 Å². The summed E-state index contributed by atoms with van der Waals surface area (Å²) in [6, 6.07) is 12.0. The van der Waals surface area contributed by atoms with Gasteiger partial charge < -0.3 is 9.16 Å². The Morgan fingerprint density at radius 2 is 1.65 bits per heavy atom. The number of hydrogen-bond donors (Lipinski definition) is 0. The quantitative estimate of drug-likeness (QED) is 0.582. The van der Waals surface area contributed by atoms with Crippen LogP contribution in [0.4, 0.5) is 8.78 Å². The highest BCUT2D eigenvalue weighted by atomic mass is 28.3. The smallest absolute Gasteiger partial charge is 0.210 e. The van der Waals surface area contributed by atoms with Gasteiger partial charge in [-0.3, -0.25) is 0 Å². The molecule has 0 aliphatic carbocycles. The van der Waals surface area contributed by atoms with Crippen LogP contribution < -0.4 is 4.74 Å². The third-order valence-electron chi connectivity index (χ3n) is 5.00. The fourth-order valence-electron chi connectivity index (χ4n) is 3.50. The molecule has 139 valence electrons. The molecule has 2 nitrogen and oxygen atoms in total. The molecule has 0 N–H and O–H groups in total. The molecule has 1 saturated heterocycles. The summed E-state index contributed by atoms with van der Waals surface area (Å²) in [6.07, 6.45) is 2.94. The Balaban J connectivity index is 1.77. The first-order valence-electron chi connectivity index (χ1n) is 9.23. The van der Waals surface area contributed by atoms with E-state index in [2.05, 4.69) is 0 Å². The van der Waals surface area contributed by atoms with Gasteiger partial charge >= 0.3 is 0 Å². The summed E-state index contributed by atoms with van der Waals surface area (Å²) in [5.41, 5.74) is 1.57. The lowest BCUT2D eigenvalue weighted by atomic mass is 9.91. The first-order valence-corrected chi connectivity index (χ1v) is 11.1. The lowest BCUT2D eigenvalue weighted by Crippen LogP contribution is -2.22. The van der Waals surface area contributed by atoms with E-state index in [-0.39, 0.29) is 11.4 Å². The maximum absolute atomic E-state index is 14.7. The Bertz CT molecular complexity index is 743. The summed E-state index contributed by atoms with van der Waals surface area (Å²) >= 11 is 0. The summed E-state index contributed by atoms with van der Waals surface area (Å²) in [7, 11) is 1.13. The molecular weight excluding hydrogens is 350 g/mol. The van der Waals surface area contributed by atoms with Gasteiger partial charge in [-0.2, -0.15) is 0 Å². The van der Waals surface area contributed by atoms with E-state index in [1.165, 1.54) is 6.07 Å². The second kappa shape index (κ2) is 8.78. The van der Waals surface area contributed by atoms with Gasteiger partial charge in [0, 0.05) is 24.3 Å². The van der Waals surface area contributed by atoms with Crippen molar-refractivity contribution >= 4 is 9.04 Å². The van der Waals surface area contributed by atoms with Crippen molar-refractivity contribution in [1.29, 1.82) is 0 Å². The van der Waals surface area contributed by atoms with Crippen molar-refractivity contribution in [2.24, 2.45) is 0 Å². The molecule has 2 aromatic carbocycles. The first-order chi connectivity index (χ1) is 12.6. The monoisotopic (exact) mass is 375 g/mol. The van der Waals surface area contributed by atoms with E-state index in [0.29, 0.717) is 23.8 Å². The van der Waals surface area contributed by atoms with Crippen LogP contribution >= 0.6 is 0 Å². The minimum atomic E-state index is -0.659. The topological polar surface area (TPSA) is 18.5 Å². The number of rotatable bonds is 6. The van der Waals surface area contributed by atoms with Crippen LogP contribution in [0.25, 0.3) is 11.1 Å². The van der Waals surface area contributed by atoms with E-state index in [9.17, 15) is 8.78 Å². The second-order valence-electron chi connectivity index (χ2n) is 6.75. The standard InChI is InChI=1S/C21H25F2O2Si/c1-3-10-25-17-5-7-19(21(23)14-17)18-6-4-16(13-20(18)22)15-8-11-26(24-2)12-9-15/h4-7,13-15H,3,8-12H2,1-2H3. The van der Waals surface area contributed by atoms with E-state index in [4.69, 9.17) is 9.16 Å². The Labute approximate surface area is 155 Å². The molecule has 1 aliphatic heterocycles. The highest BCUT2D eigenvalue weighted by Gasteiger charge is 2.25. The van der Waals surface area contributed by atoms with Crippen molar-refractivity contribution in [2.45, 2.75) is 44.2 Å². The Morgan fingerprint density at radius 3 is 2.23 bits per heavy atom. The van der Waals surface area contributed by atoms with Crippen molar-refractivity contribution in [2.75, 3.05) is 13.7 Å². The van der Waals surface area contributed by atoms with E-state index < -0.39 is 14.9 Å². The molecule has 0 bridgehead atoms. The molecule has 0 unspecified atom stereocenters. The SMILES string of the molecule is CCCOc1ccc(-c2ccc(C3CC[Si](OC)CC3)cc2F)c(F)c1. The van der Waals surface area contributed by atoms with Crippen molar-refractivity contribution in [3.05, 3.63) is 53.6 Å². The van der Waals surface area contributed by atoms with Gasteiger partial charge in [-0.05, 0) is 61.0 Å². The number of ether oxygens (including phenoxy) is 1. The highest BCUT2D eigenvalue weighted by molar-refractivity contribution is 6.52. The summed E-state index contributed by atoms with van der Waals surface area (Å²) in [6.45, 7) is 2.53. The van der Waals surface area contributed by atoms with Crippen molar-refractivity contribution in [3.8, 4) is 16.9 Å². The molecule has 0 amide bonds. The van der Waals surface area contributed by atoms with Gasteiger partial charge in [0.25, 0.3) is 0 Å². The Morgan fingerprint density at radius 1 is 1.00 bits per heavy atom. The van der Waals surface area contributed by atoms with Crippen LogP contribution in [-0.2, 0) is 4.43 Å². The van der Waals surface area contributed by atoms with Gasteiger partial charge in [-0.1, -0.05) is 19.1 Å². The van der Waals surface area contributed by atoms with Crippen LogP contribution in [0.3, 0.4) is 0 Å². The normalized spacial score (nSPS) is 16.0. The van der Waals surface area contributed by atoms with Gasteiger partial charge in [0.05, 0.1) is 6.61 Å². The second-order valence-corrected chi connectivity index (χ2v) is 9.23. The average Bonchev–Trinajstić information content (AvgIpc) is 2.67. The molecule has 1 heterocycles. The van der Waals surface area contributed by atoms with Crippen LogP contribution in [0, 0.1) is 11.6 Å². The van der Waals surface area contributed by atoms with Crippen LogP contribution in [0.15, 0.2) is 36.4 Å². The van der Waals surface area contributed by atoms with Crippen molar-refractivity contribution < 1.29 is 17.9 Å². The molecule has 1 aliphatic rings. The predicted octanol–water partition coefficient (Wildman–Crippen LogP) is 5.94. The molecular formula is C21H25F2O2Si. The molecule has 26 heavy (non-hydrogen) atoms. The summed E-state index contributed by atoms with van der Waals surface area (Å²) in [5, 5.41) is 0. The Hall–Kier alpha value is -1.72. The van der Waals surface area contributed by atoms with E-state index in [1.54, 1.807) is 31.4 Å². The third kappa shape index (κ3) is 4.33. The average molecular weight is 376 g/mol. The predicted molar refractivity (Wildman–Crippen MR) is 102 cm³/mol. The van der Waals surface area contributed by atoms with Crippen LogP contribution in [0.5, 0.6) is 5.75 Å². The first kappa shape index (κ1) is 19.0. The van der Waals surface area contributed by atoms with Gasteiger partial charge in [0.15, 0.2) is 0 Å². The Kier molecular flexibility index (Phi) is 6.43. The molecule has 1 fully saturated rings. The lowest BCUT2D eigenvalue weighted by Gasteiger charge is -2.26. The number of hydrogen-bond acceptors (Lipinski definition) is 2. The fraction of sp³-hybridized carbons (Fsp3) is 0.429. The zero-order valence-corrected chi connectivity index (χ0v) is 16.4. The maximum Gasteiger partial charge on any atom is 0.210 e. The molecule has 0 atom stereocenters. The minimum absolute atomic E-state index is 0.270. The largest absolute Gasteiger partial charge is 0.494 e.